The number of amides is 2. The lowest BCUT2D eigenvalue weighted by Crippen LogP contribution is -2.58. The Morgan fingerprint density at radius 2 is 2.06 bits per heavy atom. The smallest absolute Gasteiger partial charge is 0.323 e. The Hall–Kier alpha value is -1.14. The number of nitrogens with zero attached hydrogens (tertiary/aromatic N) is 1. The molecule has 1 saturated heterocycles. The minimum atomic E-state index is -0.744. The summed E-state index contributed by atoms with van der Waals surface area (Å²) in [5.74, 6) is 3.69. The molecule has 16 heavy (non-hydrogen) atoms. The first-order valence-electron chi connectivity index (χ1n) is 5.67. The van der Waals surface area contributed by atoms with Crippen LogP contribution in [0.2, 0.25) is 0 Å². The van der Waals surface area contributed by atoms with Crippen LogP contribution in [0, 0.1) is 0 Å². The third kappa shape index (κ3) is 2.03. The van der Waals surface area contributed by atoms with Gasteiger partial charge in [0, 0.05) is 6.54 Å². The van der Waals surface area contributed by atoms with Crippen LogP contribution < -0.4 is 11.3 Å². The predicted molar refractivity (Wildman–Crippen MR) is 56.0 cm³/mol. The van der Waals surface area contributed by atoms with Crippen LogP contribution in [0.15, 0.2) is 0 Å². The second kappa shape index (κ2) is 4.80. The van der Waals surface area contributed by atoms with Crippen LogP contribution in [-0.2, 0) is 14.3 Å². The minimum absolute atomic E-state index is 0.0484. The highest BCUT2D eigenvalue weighted by Gasteiger charge is 2.38. The molecule has 1 saturated carbocycles. The SMILES string of the molecule is NNC(=O)C(=O)N1CCOC2CCCCC21. The molecule has 90 valence electrons. The zero-order chi connectivity index (χ0) is 11.5. The van der Waals surface area contributed by atoms with Crippen molar-refractivity contribution in [3.05, 3.63) is 0 Å². The van der Waals surface area contributed by atoms with Gasteiger partial charge in [-0.25, -0.2) is 5.84 Å². The van der Waals surface area contributed by atoms with Crippen LogP contribution in [0.25, 0.3) is 0 Å². The maximum atomic E-state index is 11.8. The van der Waals surface area contributed by atoms with Crippen LogP contribution in [0.5, 0.6) is 0 Å². The van der Waals surface area contributed by atoms with Crippen molar-refractivity contribution in [1.29, 1.82) is 0 Å². The lowest BCUT2D eigenvalue weighted by Gasteiger charge is -2.43. The maximum absolute atomic E-state index is 11.8. The number of ether oxygens (including phenoxy) is 1. The van der Waals surface area contributed by atoms with E-state index in [2.05, 4.69) is 0 Å². The van der Waals surface area contributed by atoms with Crippen molar-refractivity contribution < 1.29 is 14.3 Å². The Balaban J connectivity index is 2.07. The van der Waals surface area contributed by atoms with Crippen molar-refractivity contribution in [2.75, 3.05) is 13.2 Å². The van der Waals surface area contributed by atoms with Gasteiger partial charge >= 0.3 is 11.8 Å². The van der Waals surface area contributed by atoms with E-state index < -0.39 is 11.8 Å². The number of morpholine rings is 1. The lowest BCUT2D eigenvalue weighted by molar-refractivity contribution is -0.158. The molecule has 0 aromatic carbocycles. The number of hydrogen-bond donors (Lipinski definition) is 2. The van der Waals surface area contributed by atoms with E-state index in [9.17, 15) is 9.59 Å². The van der Waals surface area contributed by atoms with Crippen LogP contribution in [0.1, 0.15) is 25.7 Å². The number of carbonyl (C=O) groups is 2. The third-order valence-electron chi connectivity index (χ3n) is 3.32. The van der Waals surface area contributed by atoms with Gasteiger partial charge in [-0.05, 0) is 12.8 Å². The summed E-state index contributed by atoms with van der Waals surface area (Å²) in [4.78, 5) is 24.6. The summed E-state index contributed by atoms with van der Waals surface area (Å²) < 4.78 is 5.62. The van der Waals surface area contributed by atoms with Crippen LogP contribution in [0.4, 0.5) is 0 Å². The normalized spacial score (nSPS) is 29.4. The summed E-state index contributed by atoms with van der Waals surface area (Å²) in [5.41, 5.74) is 1.89. The molecule has 0 aromatic heterocycles. The van der Waals surface area contributed by atoms with E-state index in [0.717, 1.165) is 25.7 Å². The molecule has 0 spiro atoms. The van der Waals surface area contributed by atoms with E-state index in [4.69, 9.17) is 10.6 Å². The van der Waals surface area contributed by atoms with Crippen molar-refractivity contribution in [2.45, 2.75) is 37.8 Å². The molecular formula is C10H17N3O3. The summed E-state index contributed by atoms with van der Waals surface area (Å²) in [6.07, 6.45) is 4.19. The van der Waals surface area contributed by atoms with Gasteiger partial charge in [0.25, 0.3) is 0 Å². The van der Waals surface area contributed by atoms with Crippen LogP contribution >= 0.6 is 0 Å². The van der Waals surface area contributed by atoms with Gasteiger partial charge in [-0.15, -0.1) is 0 Å². The Morgan fingerprint density at radius 1 is 1.31 bits per heavy atom. The maximum Gasteiger partial charge on any atom is 0.323 e. The molecule has 1 aliphatic carbocycles. The number of nitrogens with two attached hydrogens (primary N) is 1. The van der Waals surface area contributed by atoms with E-state index in [1.165, 1.54) is 0 Å². The predicted octanol–water partition coefficient (Wildman–Crippen LogP) is -0.854. The monoisotopic (exact) mass is 227 g/mol. The number of rotatable bonds is 0. The Kier molecular flexibility index (Phi) is 3.40. The second-order valence-electron chi connectivity index (χ2n) is 4.23. The highest BCUT2D eigenvalue weighted by Crippen LogP contribution is 2.28. The molecule has 2 rings (SSSR count). The van der Waals surface area contributed by atoms with Gasteiger partial charge in [0.05, 0.1) is 18.8 Å². The van der Waals surface area contributed by atoms with Crippen molar-refractivity contribution in [3.8, 4) is 0 Å². The van der Waals surface area contributed by atoms with Gasteiger partial charge in [0.15, 0.2) is 0 Å². The Labute approximate surface area is 94.1 Å². The summed E-state index contributed by atoms with van der Waals surface area (Å²) in [5, 5.41) is 0. The first-order valence-corrected chi connectivity index (χ1v) is 5.67. The van der Waals surface area contributed by atoms with E-state index in [-0.39, 0.29) is 12.1 Å². The van der Waals surface area contributed by atoms with E-state index in [1.54, 1.807) is 4.90 Å². The quantitative estimate of drug-likeness (QED) is 0.244. The molecule has 3 N–H and O–H groups in total. The molecule has 2 atom stereocenters. The van der Waals surface area contributed by atoms with Crippen molar-refractivity contribution >= 4 is 11.8 Å². The fourth-order valence-electron chi connectivity index (χ4n) is 2.54. The zero-order valence-electron chi connectivity index (χ0n) is 9.15. The molecule has 6 heteroatoms. The molecular weight excluding hydrogens is 210 g/mol. The Morgan fingerprint density at radius 3 is 2.81 bits per heavy atom. The highest BCUT2D eigenvalue weighted by molar-refractivity contribution is 6.34. The van der Waals surface area contributed by atoms with Gasteiger partial charge in [0.1, 0.15) is 0 Å². The number of nitrogens with one attached hydrogen (secondary N) is 1. The zero-order valence-corrected chi connectivity index (χ0v) is 9.15. The second-order valence-corrected chi connectivity index (χ2v) is 4.23. The molecule has 2 fully saturated rings. The van der Waals surface area contributed by atoms with Crippen LogP contribution in [0.3, 0.4) is 0 Å². The fraction of sp³-hybridized carbons (Fsp3) is 0.800. The number of hydrazine groups is 1. The van der Waals surface area contributed by atoms with Gasteiger partial charge in [0.2, 0.25) is 0 Å². The van der Waals surface area contributed by atoms with E-state index in [1.807, 2.05) is 5.43 Å². The van der Waals surface area contributed by atoms with Crippen molar-refractivity contribution in [2.24, 2.45) is 5.84 Å². The topological polar surface area (TPSA) is 84.7 Å². The lowest BCUT2D eigenvalue weighted by atomic mass is 9.90. The van der Waals surface area contributed by atoms with Crippen molar-refractivity contribution in [3.63, 3.8) is 0 Å². The largest absolute Gasteiger partial charge is 0.374 e. The van der Waals surface area contributed by atoms with Crippen molar-refractivity contribution in [1.82, 2.24) is 10.3 Å². The van der Waals surface area contributed by atoms with Gasteiger partial charge in [-0.2, -0.15) is 0 Å². The fourth-order valence-corrected chi connectivity index (χ4v) is 2.54. The minimum Gasteiger partial charge on any atom is -0.374 e. The van der Waals surface area contributed by atoms with E-state index in [0.29, 0.717) is 13.2 Å². The van der Waals surface area contributed by atoms with Gasteiger partial charge < -0.3 is 9.64 Å². The molecule has 0 bridgehead atoms. The molecule has 2 amide bonds. The average molecular weight is 227 g/mol. The summed E-state index contributed by atoms with van der Waals surface area (Å²) in [6.45, 7) is 0.984. The molecule has 2 aliphatic rings. The number of hydrogen-bond acceptors (Lipinski definition) is 4. The summed E-state index contributed by atoms with van der Waals surface area (Å²) >= 11 is 0. The summed E-state index contributed by atoms with van der Waals surface area (Å²) in [7, 11) is 0. The summed E-state index contributed by atoms with van der Waals surface area (Å²) in [6, 6.07) is 0.0484. The Bertz CT molecular complexity index is 293. The van der Waals surface area contributed by atoms with E-state index >= 15 is 0 Å². The first kappa shape index (κ1) is 11.3. The molecule has 6 nitrogen and oxygen atoms in total. The first-order chi connectivity index (χ1) is 7.74. The number of fused-ring (bicyclic) bond motifs is 1. The molecule has 1 aliphatic heterocycles. The molecule has 2 unspecified atom stereocenters. The van der Waals surface area contributed by atoms with Crippen LogP contribution in [-0.4, -0.2) is 42.0 Å². The highest BCUT2D eigenvalue weighted by atomic mass is 16.5. The molecule has 0 radical (unpaired) electrons. The third-order valence-corrected chi connectivity index (χ3v) is 3.32. The van der Waals surface area contributed by atoms with Gasteiger partial charge in [-0.3, -0.25) is 15.0 Å². The number of carbonyl (C=O) groups excluding carboxylic acids is 2. The standard InChI is InChI=1S/C10H17N3O3/c11-12-9(14)10(15)13-5-6-16-8-4-2-1-3-7(8)13/h7-8H,1-6,11H2,(H,12,14). The molecule has 1 heterocycles. The molecule has 0 aromatic rings. The average Bonchev–Trinajstić information content (AvgIpc) is 2.36. The van der Waals surface area contributed by atoms with Gasteiger partial charge in [-0.1, -0.05) is 12.8 Å².